The quantitative estimate of drug-likeness (QED) is 0.596. The molecular formula is C16H16ClF3N4. The van der Waals surface area contributed by atoms with Crippen molar-refractivity contribution in [1.29, 1.82) is 0 Å². The molecule has 1 aromatic heterocycles. The molecule has 0 aliphatic carbocycles. The van der Waals surface area contributed by atoms with Crippen molar-refractivity contribution in [2.75, 3.05) is 0 Å². The Morgan fingerprint density at radius 3 is 2.71 bits per heavy atom. The van der Waals surface area contributed by atoms with Gasteiger partial charge in [-0.1, -0.05) is 11.6 Å². The van der Waals surface area contributed by atoms with Crippen LogP contribution in [0, 0.1) is 0 Å². The molecule has 2 atom stereocenters. The molecule has 0 fully saturated rings. The van der Waals surface area contributed by atoms with Crippen molar-refractivity contribution >= 4 is 28.8 Å². The summed E-state index contributed by atoms with van der Waals surface area (Å²) in [6.07, 6.45) is 0.791. The Morgan fingerprint density at radius 1 is 1.33 bits per heavy atom. The molecule has 2 aromatic rings. The zero-order valence-corrected chi connectivity index (χ0v) is 13.9. The Morgan fingerprint density at radius 2 is 2.08 bits per heavy atom. The summed E-state index contributed by atoms with van der Waals surface area (Å²) < 4.78 is 40.7. The maximum atomic E-state index is 13.0. The van der Waals surface area contributed by atoms with Crippen molar-refractivity contribution in [1.82, 2.24) is 14.5 Å². The normalized spacial score (nSPS) is 19.2. The summed E-state index contributed by atoms with van der Waals surface area (Å²) in [4.78, 5) is 10.4. The topological polar surface area (TPSA) is 33.4 Å². The van der Waals surface area contributed by atoms with E-state index in [2.05, 4.69) is 9.98 Å². The second kappa shape index (κ2) is 6.12. The first-order chi connectivity index (χ1) is 11.3. The second-order valence-electron chi connectivity index (χ2n) is 5.49. The van der Waals surface area contributed by atoms with Crippen molar-refractivity contribution in [2.45, 2.75) is 38.2 Å². The van der Waals surface area contributed by atoms with Crippen LogP contribution in [0.1, 0.15) is 31.3 Å². The van der Waals surface area contributed by atoms with Crippen molar-refractivity contribution < 1.29 is 13.2 Å². The van der Waals surface area contributed by atoms with Gasteiger partial charge in [0.05, 0.1) is 22.6 Å². The van der Waals surface area contributed by atoms with Gasteiger partial charge in [-0.05, 0) is 38.1 Å². The van der Waals surface area contributed by atoms with Gasteiger partial charge in [-0.3, -0.25) is 4.99 Å². The molecular weight excluding hydrogens is 341 g/mol. The minimum atomic E-state index is -4.38. The fraction of sp³-hybridized carbons (Fsp3) is 0.375. The molecule has 1 unspecified atom stereocenters. The largest absolute Gasteiger partial charge is 0.416 e. The van der Waals surface area contributed by atoms with Crippen LogP contribution in [-0.4, -0.2) is 26.3 Å². The van der Waals surface area contributed by atoms with Crippen LogP contribution in [0.4, 0.5) is 13.2 Å². The van der Waals surface area contributed by atoms with Gasteiger partial charge in [0.15, 0.2) is 5.62 Å². The van der Waals surface area contributed by atoms with E-state index < -0.39 is 17.4 Å². The van der Waals surface area contributed by atoms with Gasteiger partial charge in [-0.25, -0.2) is 4.98 Å². The number of halogens is 4. The number of alkyl halides is 4. The summed E-state index contributed by atoms with van der Waals surface area (Å²) in [7, 11) is 0. The zero-order chi connectivity index (χ0) is 17.5. The maximum absolute atomic E-state index is 13.0. The fourth-order valence-corrected chi connectivity index (χ4v) is 3.12. The molecule has 24 heavy (non-hydrogen) atoms. The number of aromatic nitrogens is 2. The Labute approximate surface area is 142 Å². The molecule has 3 rings (SSSR count). The highest BCUT2D eigenvalue weighted by molar-refractivity contribution is 6.20. The van der Waals surface area contributed by atoms with Crippen LogP contribution < -0.4 is 0 Å². The average Bonchev–Trinajstić information content (AvgIpc) is 2.91. The maximum Gasteiger partial charge on any atom is 0.416 e. The zero-order valence-electron chi connectivity index (χ0n) is 13.1. The van der Waals surface area contributed by atoms with Gasteiger partial charge < -0.3 is 9.47 Å². The van der Waals surface area contributed by atoms with E-state index in [-0.39, 0.29) is 6.04 Å². The summed E-state index contributed by atoms with van der Waals surface area (Å²) in [6.45, 7) is 4.28. The molecule has 0 bridgehead atoms. The standard InChI is InChI=1S/C16H16ClF3N4/c1-3-23-13-9-11(16(18,19)20)5-6-12(13)22-14(23)10(2)24-8-4-7-21-15(24)17/h4-10,15H,3H2,1-2H3/t10?,15-/m0/s1. The van der Waals surface area contributed by atoms with Crippen LogP contribution in [0.3, 0.4) is 0 Å². The van der Waals surface area contributed by atoms with Crippen LogP contribution in [0.5, 0.6) is 0 Å². The Bertz CT molecular complexity index is 809. The number of aliphatic imine (C=N–C) groups is 1. The lowest BCUT2D eigenvalue weighted by atomic mass is 10.2. The van der Waals surface area contributed by atoms with Crippen LogP contribution in [0.15, 0.2) is 35.5 Å². The molecule has 1 aliphatic heterocycles. The third-order valence-electron chi connectivity index (χ3n) is 4.04. The van der Waals surface area contributed by atoms with E-state index >= 15 is 0 Å². The average molecular weight is 357 g/mol. The van der Waals surface area contributed by atoms with E-state index in [0.29, 0.717) is 23.4 Å². The first kappa shape index (κ1) is 16.8. The van der Waals surface area contributed by atoms with Crippen LogP contribution >= 0.6 is 11.6 Å². The lowest BCUT2D eigenvalue weighted by Crippen LogP contribution is -2.31. The van der Waals surface area contributed by atoms with Gasteiger partial charge in [0.1, 0.15) is 5.82 Å². The highest BCUT2D eigenvalue weighted by Gasteiger charge is 2.32. The van der Waals surface area contributed by atoms with Crippen LogP contribution in [0.2, 0.25) is 0 Å². The molecule has 0 saturated carbocycles. The number of nitrogens with zero attached hydrogens (tertiary/aromatic N) is 4. The summed E-state index contributed by atoms with van der Waals surface area (Å²) in [5.74, 6) is 0.652. The molecule has 0 radical (unpaired) electrons. The number of rotatable bonds is 3. The lowest BCUT2D eigenvalue weighted by molar-refractivity contribution is -0.137. The SMILES string of the molecule is CCn1c(C(C)N2C=CC=N[C@@H]2Cl)nc2ccc(C(F)(F)F)cc21. The monoisotopic (exact) mass is 356 g/mol. The lowest BCUT2D eigenvalue weighted by Gasteiger charge is -2.31. The van der Waals surface area contributed by atoms with Gasteiger partial charge in [0.2, 0.25) is 0 Å². The predicted molar refractivity (Wildman–Crippen MR) is 87.9 cm³/mol. The van der Waals surface area contributed by atoms with Crippen molar-refractivity contribution in [3.63, 3.8) is 0 Å². The van der Waals surface area contributed by atoms with Crippen molar-refractivity contribution in [2.24, 2.45) is 4.99 Å². The first-order valence-corrected chi connectivity index (χ1v) is 7.95. The van der Waals surface area contributed by atoms with Crippen molar-refractivity contribution in [3.05, 3.63) is 41.9 Å². The molecule has 1 aromatic carbocycles. The molecule has 4 nitrogen and oxygen atoms in total. The number of hydrogen-bond acceptors (Lipinski definition) is 3. The number of aryl methyl sites for hydroxylation is 1. The molecule has 1 aliphatic rings. The van der Waals surface area contributed by atoms with E-state index in [9.17, 15) is 13.2 Å². The van der Waals surface area contributed by atoms with Crippen LogP contribution in [0.25, 0.3) is 11.0 Å². The summed E-state index contributed by atoms with van der Waals surface area (Å²) >= 11 is 6.20. The first-order valence-electron chi connectivity index (χ1n) is 7.51. The minimum absolute atomic E-state index is 0.233. The van der Waals surface area contributed by atoms with E-state index in [4.69, 9.17) is 11.6 Å². The van der Waals surface area contributed by atoms with Gasteiger partial charge in [-0.2, -0.15) is 13.2 Å². The molecule has 2 heterocycles. The second-order valence-corrected chi connectivity index (χ2v) is 5.88. The smallest absolute Gasteiger partial charge is 0.334 e. The third kappa shape index (κ3) is 2.88. The van der Waals surface area contributed by atoms with Gasteiger partial charge in [0, 0.05) is 19.0 Å². The van der Waals surface area contributed by atoms with Gasteiger partial charge in [0.25, 0.3) is 0 Å². The summed E-state index contributed by atoms with van der Waals surface area (Å²) in [6, 6.07) is 3.37. The number of hydrogen-bond donors (Lipinski definition) is 0. The predicted octanol–water partition coefficient (Wildman–Crippen LogP) is 4.56. The summed E-state index contributed by atoms with van der Waals surface area (Å²) in [5, 5.41) is 0. The molecule has 0 amide bonds. The number of allylic oxidation sites excluding steroid dienone is 1. The van der Waals surface area contributed by atoms with Crippen LogP contribution in [-0.2, 0) is 12.7 Å². The molecule has 128 valence electrons. The number of benzene rings is 1. The number of imidazole rings is 1. The molecule has 0 N–H and O–H groups in total. The Hall–Kier alpha value is -2.02. The van der Waals surface area contributed by atoms with Gasteiger partial charge in [-0.15, -0.1) is 0 Å². The number of fused-ring (bicyclic) bond motifs is 1. The molecule has 0 saturated heterocycles. The summed E-state index contributed by atoms with van der Waals surface area (Å²) in [5.41, 5.74) is -0.255. The minimum Gasteiger partial charge on any atom is -0.334 e. The third-order valence-corrected chi connectivity index (χ3v) is 4.38. The Balaban J connectivity index is 2.08. The highest BCUT2D eigenvalue weighted by atomic mass is 35.5. The van der Waals surface area contributed by atoms with E-state index in [1.807, 2.05) is 13.8 Å². The fourth-order valence-electron chi connectivity index (χ4n) is 2.82. The van der Waals surface area contributed by atoms with Crippen molar-refractivity contribution in [3.8, 4) is 0 Å². The molecule has 8 heteroatoms. The van der Waals surface area contributed by atoms with E-state index in [0.717, 1.165) is 12.1 Å². The van der Waals surface area contributed by atoms with E-state index in [1.54, 1.807) is 28.0 Å². The van der Waals surface area contributed by atoms with Gasteiger partial charge >= 0.3 is 6.18 Å². The van der Waals surface area contributed by atoms with E-state index in [1.165, 1.54) is 6.07 Å². The Kier molecular flexibility index (Phi) is 4.29. The molecule has 0 spiro atoms. The highest BCUT2D eigenvalue weighted by Crippen LogP contribution is 2.33.